The first-order valence-corrected chi connectivity index (χ1v) is 10.7. The van der Waals surface area contributed by atoms with E-state index in [1.165, 1.54) is 5.56 Å². The van der Waals surface area contributed by atoms with Crippen LogP contribution in [0.25, 0.3) is 0 Å². The Kier molecular flexibility index (Phi) is 6.64. The Labute approximate surface area is 180 Å². The van der Waals surface area contributed by atoms with Crippen molar-refractivity contribution in [1.82, 2.24) is 14.9 Å². The zero-order valence-corrected chi connectivity index (χ0v) is 19.2. The van der Waals surface area contributed by atoms with Gasteiger partial charge in [0.2, 0.25) is 5.91 Å². The Morgan fingerprint density at radius 1 is 1.10 bits per heavy atom. The van der Waals surface area contributed by atoms with Crippen molar-refractivity contribution >= 4 is 11.7 Å². The number of hydrogen-bond acceptors (Lipinski definition) is 5. The highest BCUT2D eigenvalue weighted by Gasteiger charge is 2.27. The van der Waals surface area contributed by atoms with Crippen molar-refractivity contribution in [3.63, 3.8) is 0 Å². The topological polar surface area (TPSA) is 58.6 Å². The lowest BCUT2D eigenvalue weighted by atomic mass is 9.91. The van der Waals surface area contributed by atoms with Gasteiger partial charge in [-0.25, -0.2) is 9.97 Å². The summed E-state index contributed by atoms with van der Waals surface area (Å²) in [5.74, 6) is 2.87. The summed E-state index contributed by atoms with van der Waals surface area (Å²) >= 11 is 0. The molecule has 3 rings (SSSR count). The minimum atomic E-state index is 0.0129. The van der Waals surface area contributed by atoms with E-state index >= 15 is 0 Å². The molecule has 6 nitrogen and oxygen atoms in total. The van der Waals surface area contributed by atoms with Crippen molar-refractivity contribution in [2.75, 3.05) is 38.2 Å². The third-order valence-corrected chi connectivity index (χ3v) is 5.43. The molecule has 1 aromatic heterocycles. The Hall–Kier alpha value is -2.63. The fraction of sp³-hybridized carbons (Fsp3) is 0.542. The number of rotatable bonds is 5. The fourth-order valence-electron chi connectivity index (χ4n) is 3.91. The first kappa shape index (κ1) is 22.1. The average molecular weight is 411 g/mol. The molecule has 0 bridgehead atoms. The van der Waals surface area contributed by atoms with Crippen LogP contribution in [0.2, 0.25) is 0 Å². The first-order chi connectivity index (χ1) is 14.2. The van der Waals surface area contributed by atoms with Gasteiger partial charge in [-0.1, -0.05) is 32.9 Å². The molecule has 1 fully saturated rings. The number of methoxy groups -OCH3 is 1. The van der Waals surface area contributed by atoms with Crippen molar-refractivity contribution < 1.29 is 9.53 Å². The molecule has 0 N–H and O–H groups in total. The van der Waals surface area contributed by atoms with Crippen LogP contribution in [0.1, 0.15) is 49.8 Å². The lowest BCUT2D eigenvalue weighted by molar-refractivity contribution is -0.133. The van der Waals surface area contributed by atoms with Gasteiger partial charge in [-0.3, -0.25) is 4.79 Å². The molecule has 0 radical (unpaired) electrons. The monoisotopic (exact) mass is 410 g/mol. The van der Waals surface area contributed by atoms with E-state index < -0.39 is 0 Å². The van der Waals surface area contributed by atoms with Gasteiger partial charge >= 0.3 is 0 Å². The molecule has 1 aliphatic rings. The summed E-state index contributed by atoms with van der Waals surface area (Å²) in [7, 11) is 1.69. The quantitative estimate of drug-likeness (QED) is 0.751. The summed E-state index contributed by atoms with van der Waals surface area (Å²) in [4.78, 5) is 26.3. The van der Waals surface area contributed by atoms with Gasteiger partial charge in [0, 0.05) is 50.3 Å². The molecule has 0 unspecified atom stereocenters. The minimum Gasteiger partial charge on any atom is -0.497 e. The normalized spacial score (nSPS) is 14.7. The lowest BCUT2D eigenvalue weighted by Gasteiger charge is -2.37. The third kappa shape index (κ3) is 5.49. The predicted molar refractivity (Wildman–Crippen MR) is 120 cm³/mol. The molecule has 1 amide bonds. The van der Waals surface area contributed by atoms with Crippen LogP contribution in [0.3, 0.4) is 0 Å². The van der Waals surface area contributed by atoms with E-state index in [-0.39, 0.29) is 11.3 Å². The van der Waals surface area contributed by atoms with Crippen molar-refractivity contribution in [3.8, 4) is 5.75 Å². The molecular weight excluding hydrogens is 376 g/mol. The van der Waals surface area contributed by atoms with E-state index in [0.717, 1.165) is 61.2 Å². The molecule has 0 aliphatic carbocycles. The molecule has 2 heterocycles. The Balaban J connectivity index is 1.78. The fourth-order valence-corrected chi connectivity index (χ4v) is 3.91. The van der Waals surface area contributed by atoms with Gasteiger partial charge in [-0.05, 0) is 37.0 Å². The molecule has 30 heavy (non-hydrogen) atoms. The van der Waals surface area contributed by atoms with Crippen LogP contribution in [0.15, 0.2) is 24.3 Å². The van der Waals surface area contributed by atoms with E-state index in [1.807, 2.05) is 24.0 Å². The highest BCUT2D eigenvalue weighted by Crippen LogP contribution is 2.27. The number of aromatic nitrogens is 2. The van der Waals surface area contributed by atoms with Crippen LogP contribution in [-0.2, 0) is 11.2 Å². The van der Waals surface area contributed by atoms with Gasteiger partial charge in [0.25, 0.3) is 0 Å². The van der Waals surface area contributed by atoms with Crippen molar-refractivity contribution in [1.29, 1.82) is 0 Å². The summed E-state index contributed by atoms with van der Waals surface area (Å²) in [6.45, 7) is 13.4. The molecular formula is C24H34N4O2. The number of carbonyl (C=O) groups is 1. The summed E-state index contributed by atoms with van der Waals surface area (Å²) in [5.41, 5.74) is 3.33. The zero-order valence-electron chi connectivity index (χ0n) is 19.2. The second-order valence-electron chi connectivity index (χ2n) is 9.29. The van der Waals surface area contributed by atoms with Gasteiger partial charge in [0.05, 0.1) is 7.11 Å². The number of benzene rings is 1. The number of ether oxygens (including phenoxy) is 1. The molecule has 6 heteroatoms. The number of anilines is 1. The van der Waals surface area contributed by atoms with Crippen LogP contribution < -0.4 is 9.64 Å². The van der Waals surface area contributed by atoms with Gasteiger partial charge in [0.15, 0.2) is 0 Å². The maximum Gasteiger partial charge on any atom is 0.223 e. The molecule has 1 saturated heterocycles. The second kappa shape index (κ2) is 9.02. The summed E-state index contributed by atoms with van der Waals surface area (Å²) in [6.07, 6.45) is 1.33. The van der Waals surface area contributed by atoms with E-state index in [2.05, 4.69) is 49.7 Å². The molecule has 1 aliphatic heterocycles. The Bertz CT molecular complexity index is 897. The Morgan fingerprint density at radius 2 is 1.80 bits per heavy atom. The molecule has 1 aromatic carbocycles. The summed E-state index contributed by atoms with van der Waals surface area (Å²) < 4.78 is 5.38. The van der Waals surface area contributed by atoms with Crippen molar-refractivity contribution in [3.05, 3.63) is 46.9 Å². The highest BCUT2D eigenvalue weighted by molar-refractivity contribution is 5.77. The number of nitrogens with zero attached hydrogens (tertiary/aromatic N) is 4. The number of hydrogen-bond donors (Lipinski definition) is 0. The molecule has 0 atom stereocenters. The predicted octanol–water partition coefficient (Wildman–Crippen LogP) is 3.78. The molecule has 0 spiro atoms. The van der Waals surface area contributed by atoms with Crippen LogP contribution in [-0.4, -0.2) is 54.1 Å². The standard InChI is InChI=1S/C24H34N4O2/c1-17-21(15-19-8-7-9-20(14-19)30-6)23(26-18(2)25-17)28-12-10-27(11-13-28)22(29)16-24(3,4)5/h7-9,14H,10-13,15-16H2,1-6H3. The first-order valence-electron chi connectivity index (χ1n) is 10.7. The number of amides is 1. The Morgan fingerprint density at radius 3 is 2.43 bits per heavy atom. The van der Waals surface area contributed by atoms with Crippen molar-refractivity contribution in [2.24, 2.45) is 5.41 Å². The third-order valence-electron chi connectivity index (χ3n) is 5.43. The van der Waals surface area contributed by atoms with Crippen LogP contribution >= 0.6 is 0 Å². The number of carbonyl (C=O) groups excluding carboxylic acids is 1. The van der Waals surface area contributed by atoms with Gasteiger partial charge in [-0.2, -0.15) is 0 Å². The highest BCUT2D eigenvalue weighted by atomic mass is 16.5. The SMILES string of the molecule is COc1cccc(Cc2c(C)nc(C)nc2N2CCN(C(=O)CC(C)(C)C)CC2)c1. The van der Waals surface area contributed by atoms with Crippen LogP contribution in [0.5, 0.6) is 5.75 Å². The van der Waals surface area contributed by atoms with E-state index in [0.29, 0.717) is 6.42 Å². The molecule has 0 saturated carbocycles. The van der Waals surface area contributed by atoms with E-state index in [4.69, 9.17) is 9.72 Å². The average Bonchev–Trinajstić information content (AvgIpc) is 2.69. The smallest absolute Gasteiger partial charge is 0.223 e. The maximum atomic E-state index is 12.6. The van der Waals surface area contributed by atoms with Gasteiger partial charge in [-0.15, -0.1) is 0 Å². The van der Waals surface area contributed by atoms with Gasteiger partial charge < -0.3 is 14.5 Å². The molecule has 2 aromatic rings. The van der Waals surface area contributed by atoms with E-state index in [9.17, 15) is 4.79 Å². The van der Waals surface area contributed by atoms with Crippen LogP contribution in [0.4, 0.5) is 5.82 Å². The van der Waals surface area contributed by atoms with Crippen LogP contribution in [0, 0.1) is 19.3 Å². The van der Waals surface area contributed by atoms with Gasteiger partial charge in [0.1, 0.15) is 17.4 Å². The number of piperazine rings is 1. The summed E-state index contributed by atoms with van der Waals surface area (Å²) in [6, 6.07) is 8.13. The minimum absolute atomic E-state index is 0.0129. The second-order valence-corrected chi connectivity index (χ2v) is 9.29. The zero-order chi connectivity index (χ0) is 21.9. The number of aryl methyl sites for hydroxylation is 2. The summed E-state index contributed by atoms with van der Waals surface area (Å²) in [5, 5.41) is 0. The van der Waals surface area contributed by atoms with Crippen molar-refractivity contribution in [2.45, 2.75) is 47.5 Å². The molecule has 162 valence electrons. The lowest BCUT2D eigenvalue weighted by Crippen LogP contribution is -2.50. The maximum absolute atomic E-state index is 12.6. The van der Waals surface area contributed by atoms with E-state index in [1.54, 1.807) is 7.11 Å². The largest absolute Gasteiger partial charge is 0.497 e.